The standard InChI is InChI=1S/C21H20N6O2/c1-2-4-17-16(3-1)15(11-23-17)7-8-22-21-26-20(12-25-27-21)24-10-14-5-6-18-19(9-14)29-13-28-18/h1-6,9,11-12,23H,7-8,10,13H2,(H2,22,24,26,27). The molecule has 0 atom stereocenters. The van der Waals surface area contributed by atoms with Gasteiger partial charge in [-0.05, 0) is 35.7 Å². The number of hydrogen-bond donors (Lipinski definition) is 3. The largest absolute Gasteiger partial charge is 0.454 e. The molecule has 0 radical (unpaired) electrons. The van der Waals surface area contributed by atoms with E-state index in [1.807, 2.05) is 24.3 Å². The van der Waals surface area contributed by atoms with Gasteiger partial charge in [0.25, 0.3) is 0 Å². The van der Waals surface area contributed by atoms with Crippen LogP contribution in [0.5, 0.6) is 11.5 Å². The van der Waals surface area contributed by atoms with Crippen LogP contribution in [-0.4, -0.2) is 33.5 Å². The van der Waals surface area contributed by atoms with E-state index < -0.39 is 0 Å². The summed E-state index contributed by atoms with van der Waals surface area (Å²) in [5.41, 5.74) is 3.48. The number of fused-ring (bicyclic) bond motifs is 2. The van der Waals surface area contributed by atoms with Crippen molar-refractivity contribution in [3.63, 3.8) is 0 Å². The molecule has 0 saturated carbocycles. The summed E-state index contributed by atoms with van der Waals surface area (Å²) in [5, 5.41) is 15.9. The minimum atomic E-state index is 0.273. The molecule has 0 amide bonds. The molecule has 0 fully saturated rings. The first kappa shape index (κ1) is 17.3. The molecule has 5 rings (SSSR count). The number of H-pyrrole nitrogens is 1. The highest BCUT2D eigenvalue weighted by molar-refractivity contribution is 5.83. The number of para-hydroxylation sites is 1. The Labute approximate surface area is 167 Å². The predicted molar refractivity (Wildman–Crippen MR) is 110 cm³/mol. The second-order valence-electron chi connectivity index (χ2n) is 6.74. The molecule has 2 aromatic heterocycles. The lowest BCUT2D eigenvalue weighted by Crippen LogP contribution is -2.10. The van der Waals surface area contributed by atoms with Gasteiger partial charge in [0.1, 0.15) is 0 Å². The van der Waals surface area contributed by atoms with Crippen molar-refractivity contribution in [2.24, 2.45) is 0 Å². The van der Waals surface area contributed by atoms with Crippen LogP contribution in [0, 0.1) is 0 Å². The van der Waals surface area contributed by atoms with E-state index in [0.29, 0.717) is 18.3 Å². The minimum absolute atomic E-state index is 0.273. The maximum absolute atomic E-state index is 5.41. The maximum atomic E-state index is 5.41. The van der Waals surface area contributed by atoms with Crippen LogP contribution in [0.4, 0.5) is 11.8 Å². The molecule has 1 aliphatic rings. The number of benzene rings is 2. The van der Waals surface area contributed by atoms with Gasteiger partial charge in [0.05, 0.1) is 6.20 Å². The Kier molecular flexibility index (Phi) is 4.57. The topological polar surface area (TPSA) is 97.0 Å². The molecule has 1 aliphatic heterocycles. The number of ether oxygens (including phenoxy) is 2. The second kappa shape index (κ2) is 7.67. The molecule has 0 saturated heterocycles. The van der Waals surface area contributed by atoms with E-state index in [-0.39, 0.29) is 6.79 Å². The third-order valence-corrected chi connectivity index (χ3v) is 4.82. The zero-order chi connectivity index (χ0) is 19.5. The fraction of sp³-hybridized carbons (Fsp3) is 0.190. The van der Waals surface area contributed by atoms with Crippen molar-refractivity contribution in [3.8, 4) is 11.5 Å². The van der Waals surface area contributed by atoms with Gasteiger partial charge in [-0.15, -0.1) is 5.10 Å². The highest BCUT2D eigenvalue weighted by Gasteiger charge is 2.13. The van der Waals surface area contributed by atoms with Crippen LogP contribution in [0.15, 0.2) is 54.9 Å². The van der Waals surface area contributed by atoms with Gasteiger partial charge in [0, 0.05) is 30.2 Å². The molecule has 3 heterocycles. The molecule has 4 aromatic rings. The van der Waals surface area contributed by atoms with Crippen LogP contribution in [0.3, 0.4) is 0 Å². The summed E-state index contributed by atoms with van der Waals surface area (Å²) in [6.45, 7) is 1.59. The highest BCUT2D eigenvalue weighted by atomic mass is 16.7. The van der Waals surface area contributed by atoms with Gasteiger partial charge in [0.2, 0.25) is 12.7 Å². The van der Waals surface area contributed by atoms with E-state index in [1.165, 1.54) is 10.9 Å². The summed E-state index contributed by atoms with van der Waals surface area (Å²) in [5.74, 6) is 2.71. The average Bonchev–Trinajstić information content (AvgIpc) is 3.39. The zero-order valence-electron chi connectivity index (χ0n) is 15.7. The van der Waals surface area contributed by atoms with E-state index in [4.69, 9.17) is 9.47 Å². The van der Waals surface area contributed by atoms with Crippen molar-refractivity contribution in [2.45, 2.75) is 13.0 Å². The molecule has 0 bridgehead atoms. The quantitative estimate of drug-likeness (QED) is 0.447. The van der Waals surface area contributed by atoms with Gasteiger partial charge in [-0.1, -0.05) is 24.3 Å². The van der Waals surface area contributed by atoms with Crippen LogP contribution in [0.25, 0.3) is 10.9 Å². The number of rotatable bonds is 7. The Hall–Kier alpha value is -3.81. The molecule has 3 N–H and O–H groups in total. The van der Waals surface area contributed by atoms with Crippen molar-refractivity contribution in [1.29, 1.82) is 0 Å². The van der Waals surface area contributed by atoms with Gasteiger partial charge in [-0.2, -0.15) is 10.1 Å². The molecule has 146 valence electrons. The van der Waals surface area contributed by atoms with Crippen molar-refractivity contribution in [3.05, 3.63) is 66.0 Å². The first-order valence-electron chi connectivity index (χ1n) is 9.46. The summed E-state index contributed by atoms with van der Waals surface area (Å²) in [4.78, 5) is 7.78. The maximum Gasteiger partial charge on any atom is 0.244 e. The number of anilines is 2. The number of aromatic amines is 1. The minimum Gasteiger partial charge on any atom is -0.454 e. The van der Waals surface area contributed by atoms with Crippen molar-refractivity contribution < 1.29 is 9.47 Å². The van der Waals surface area contributed by atoms with E-state index in [1.54, 1.807) is 6.20 Å². The lowest BCUT2D eigenvalue weighted by atomic mass is 10.1. The molecule has 8 nitrogen and oxygen atoms in total. The molecule has 2 aromatic carbocycles. The van der Waals surface area contributed by atoms with Gasteiger partial charge in [0.15, 0.2) is 17.3 Å². The predicted octanol–water partition coefficient (Wildman–Crippen LogP) is 3.35. The third-order valence-electron chi connectivity index (χ3n) is 4.82. The van der Waals surface area contributed by atoms with E-state index >= 15 is 0 Å². The van der Waals surface area contributed by atoms with Gasteiger partial charge >= 0.3 is 0 Å². The Morgan fingerprint density at radius 2 is 1.97 bits per heavy atom. The van der Waals surface area contributed by atoms with Crippen molar-refractivity contribution in [1.82, 2.24) is 20.2 Å². The Morgan fingerprint density at radius 3 is 2.97 bits per heavy atom. The number of nitrogens with zero attached hydrogens (tertiary/aromatic N) is 3. The summed E-state index contributed by atoms with van der Waals surface area (Å²) in [6.07, 6.45) is 4.52. The number of aromatic nitrogens is 4. The van der Waals surface area contributed by atoms with Gasteiger partial charge < -0.3 is 25.1 Å². The van der Waals surface area contributed by atoms with Crippen LogP contribution in [-0.2, 0) is 13.0 Å². The van der Waals surface area contributed by atoms with E-state index in [0.717, 1.165) is 35.5 Å². The van der Waals surface area contributed by atoms with Gasteiger partial charge in [-0.25, -0.2) is 0 Å². The van der Waals surface area contributed by atoms with E-state index in [9.17, 15) is 0 Å². The van der Waals surface area contributed by atoms with E-state index in [2.05, 4.69) is 55.2 Å². The summed E-state index contributed by atoms with van der Waals surface area (Å²) in [6, 6.07) is 14.2. The molecule has 0 aliphatic carbocycles. The van der Waals surface area contributed by atoms with Crippen LogP contribution in [0.1, 0.15) is 11.1 Å². The summed E-state index contributed by atoms with van der Waals surface area (Å²) < 4.78 is 10.7. The molecular weight excluding hydrogens is 368 g/mol. The smallest absolute Gasteiger partial charge is 0.244 e. The number of nitrogens with one attached hydrogen (secondary N) is 3. The average molecular weight is 388 g/mol. The summed E-state index contributed by atoms with van der Waals surface area (Å²) >= 11 is 0. The Bertz CT molecular complexity index is 1140. The normalized spacial score (nSPS) is 12.3. The van der Waals surface area contributed by atoms with Gasteiger partial charge in [-0.3, -0.25) is 0 Å². The van der Waals surface area contributed by atoms with Crippen LogP contribution in [0.2, 0.25) is 0 Å². The third kappa shape index (κ3) is 3.77. The highest BCUT2D eigenvalue weighted by Crippen LogP contribution is 2.32. The lowest BCUT2D eigenvalue weighted by molar-refractivity contribution is 0.174. The van der Waals surface area contributed by atoms with Crippen molar-refractivity contribution >= 4 is 22.7 Å². The summed E-state index contributed by atoms with van der Waals surface area (Å²) in [7, 11) is 0. The molecule has 29 heavy (non-hydrogen) atoms. The van der Waals surface area contributed by atoms with Crippen LogP contribution >= 0.6 is 0 Å². The number of hydrogen-bond acceptors (Lipinski definition) is 7. The Balaban J connectivity index is 1.17. The SMILES string of the molecule is c1ccc2c(CCNc3nncc(NCc4ccc5c(c4)OCO5)n3)c[nH]c2c1. The second-order valence-corrected chi connectivity index (χ2v) is 6.74. The lowest BCUT2D eigenvalue weighted by Gasteiger charge is -2.08. The van der Waals surface area contributed by atoms with Crippen molar-refractivity contribution in [2.75, 3.05) is 24.0 Å². The molecule has 8 heteroatoms. The fourth-order valence-electron chi connectivity index (χ4n) is 3.35. The first-order chi connectivity index (χ1) is 14.3. The first-order valence-corrected chi connectivity index (χ1v) is 9.46. The molecule has 0 unspecified atom stereocenters. The van der Waals surface area contributed by atoms with Crippen LogP contribution < -0.4 is 20.1 Å². The molecular formula is C21H20N6O2. The zero-order valence-corrected chi connectivity index (χ0v) is 15.7. The monoisotopic (exact) mass is 388 g/mol. The fourth-order valence-corrected chi connectivity index (χ4v) is 3.35. The molecule has 0 spiro atoms. The Morgan fingerprint density at radius 1 is 1.03 bits per heavy atom.